The van der Waals surface area contributed by atoms with Crippen LogP contribution < -0.4 is 79.5 Å². The zero-order valence-electron chi connectivity index (χ0n) is 12.1. The zero-order chi connectivity index (χ0) is 14.0. The number of ether oxygens (including phenoxy) is 1. The van der Waals surface area contributed by atoms with E-state index in [4.69, 9.17) is 10.5 Å². The molecule has 1 atom stereocenters. The summed E-state index contributed by atoms with van der Waals surface area (Å²) in [4.78, 5) is 43.3. The fourth-order valence-corrected chi connectivity index (χ4v) is 1.94. The van der Waals surface area contributed by atoms with Crippen molar-refractivity contribution in [2.45, 2.75) is 13.0 Å². The minimum atomic E-state index is -4.65. The smallest absolute Gasteiger partial charge is 0.686 e. The maximum absolute atomic E-state index is 10.4. The molecular weight excluding hydrogens is 319 g/mol. The molecule has 0 spiro atoms. The van der Waals surface area contributed by atoms with Crippen LogP contribution in [0.1, 0.15) is 13.0 Å². The summed E-state index contributed by atoms with van der Waals surface area (Å²) in [6.07, 6.45) is 1.99. The van der Waals surface area contributed by atoms with Gasteiger partial charge in [-0.2, -0.15) is 0 Å². The van der Waals surface area contributed by atoms with Gasteiger partial charge in [0.2, 0.25) is 0 Å². The van der Waals surface area contributed by atoms with Crippen LogP contribution in [0.2, 0.25) is 0 Å². The Morgan fingerprint density at radius 3 is 2.57 bits per heavy atom. The quantitative estimate of drug-likeness (QED) is 0.419. The van der Waals surface area contributed by atoms with E-state index < -0.39 is 14.3 Å². The van der Waals surface area contributed by atoms with Gasteiger partial charge in [0.25, 0.3) is 0 Å². The van der Waals surface area contributed by atoms with Crippen LogP contribution in [0.25, 0.3) is 11.2 Å². The number of aromatic nitrogens is 4. The number of nitrogens with two attached hydrogens (primary N) is 1. The van der Waals surface area contributed by atoms with Gasteiger partial charge in [0.1, 0.15) is 18.2 Å². The maximum atomic E-state index is 10.4. The van der Waals surface area contributed by atoms with Gasteiger partial charge in [-0.15, -0.1) is 7.94 Å². The number of anilines is 1. The van der Waals surface area contributed by atoms with Gasteiger partial charge < -0.3 is 29.7 Å². The van der Waals surface area contributed by atoms with Crippen LogP contribution in [0.3, 0.4) is 0 Å². The summed E-state index contributed by atoms with van der Waals surface area (Å²) >= 11 is 0. The summed E-state index contributed by atoms with van der Waals surface area (Å²) in [7, 11) is -4.65. The molecule has 0 aliphatic carbocycles. The third kappa shape index (κ3) is 5.96. The van der Waals surface area contributed by atoms with Gasteiger partial charge in [-0.1, -0.05) is 0 Å². The summed E-state index contributed by atoms with van der Waals surface area (Å²) in [5, 5.41) is 0. The molecule has 2 rings (SSSR count). The molecule has 2 N–H and O–H groups in total. The van der Waals surface area contributed by atoms with Crippen LogP contribution in [0.15, 0.2) is 12.7 Å². The van der Waals surface area contributed by atoms with Crippen LogP contribution in [0, 0.1) is 0 Å². The van der Waals surface area contributed by atoms with Crippen LogP contribution in [0.5, 0.6) is 0 Å². The summed E-state index contributed by atoms with van der Waals surface area (Å²) in [5.41, 5.74) is 6.64. The van der Waals surface area contributed by atoms with Gasteiger partial charge in [-0.3, -0.25) is 0 Å². The molecule has 0 aromatic carbocycles. The predicted molar refractivity (Wildman–Crippen MR) is 62.2 cm³/mol. The zero-order valence-corrected chi connectivity index (χ0v) is 17.0. The second-order valence-electron chi connectivity index (χ2n) is 4.04. The van der Waals surface area contributed by atoms with Crippen molar-refractivity contribution in [1.29, 1.82) is 0 Å². The molecule has 104 valence electrons. The Kier molecular flexibility index (Phi) is 9.31. The number of rotatable bonds is 5. The molecule has 21 heavy (non-hydrogen) atoms. The van der Waals surface area contributed by atoms with Crippen LogP contribution in [0.4, 0.5) is 5.82 Å². The molecular formula is C9H12N5Na2O4P. The molecule has 2 heterocycles. The van der Waals surface area contributed by atoms with E-state index in [0.29, 0.717) is 11.2 Å². The van der Waals surface area contributed by atoms with Crippen molar-refractivity contribution in [3.63, 3.8) is 0 Å². The molecule has 0 bridgehead atoms. The van der Waals surface area contributed by atoms with Crippen LogP contribution in [-0.4, -0.2) is 32.5 Å². The standard InChI is InChI=1S/C9H14N5O4P.2Na/c1-6(2-18-5-19(15,16)17)14-4-13-7-8(10)11-3-12-9(7)14;;/h3-4,6H,2,5H2,1H3,(H2,10,11,12)(H2,15,16,17);;/q;2*+1/p-2/t6-;;/m0../s1. The van der Waals surface area contributed by atoms with Gasteiger partial charge in [0.05, 0.1) is 19.0 Å². The van der Waals surface area contributed by atoms with Crippen molar-refractivity contribution >= 4 is 24.9 Å². The van der Waals surface area contributed by atoms with E-state index in [9.17, 15) is 14.7 Å². The van der Waals surface area contributed by atoms with Gasteiger partial charge in [-0.25, -0.2) is 15.0 Å². The molecule has 0 aliphatic rings. The summed E-state index contributed by atoms with van der Waals surface area (Å²) in [5.74, 6) is 0.264. The summed E-state index contributed by atoms with van der Waals surface area (Å²) in [6.45, 7) is 1.82. The molecule has 0 aliphatic heterocycles. The van der Waals surface area contributed by atoms with Gasteiger partial charge in [0, 0.05) is 0 Å². The Morgan fingerprint density at radius 1 is 1.29 bits per heavy atom. The monoisotopic (exact) mass is 331 g/mol. The molecule has 2 aromatic rings. The molecule has 0 saturated carbocycles. The number of hydrogen-bond donors (Lipinski definition) is 1. The number of nitrogen functional groups attached to an aromatic ring is 1. The molecule has 0 fully saturated rings. The van der Waals surface area contributed by atoms with Crippen molar-refractivity contribution in [2.75, 3.05) is 18.7 Å². The Bertz CT molecular complexity index is 579. The number of fused-ring (bicyclic) bond motifs is 1. The number of hydrogen-bond acceptors (Lipinski definition) is 8. The van der Waals surface area contributed by atoms with Crippen LogP contribution >= 0.6 is 7.94 Å². The van der Waals surface area contributed by atoms with E-state index in [1.54, 1.807) is 11.5 Å². The Morgan fingerprint density at radius 2 is 1.95 bits per heavy atom. The first-order chi connectivity index (χ1) is 8.88. The molecule has 9 nitrogen and oxygen atoms in total. The van der Waals surface area contributed by atoms with Crippen molar-refractivity contribution in [3.05, 3.63) is 12.7 Å². The van der Waals surface area contributed by atoms with E-state index in [1.165, 1.54) is 12.7 Å². The minimum absolute atomic E-state index is 0. The fourth-order valence-electron chi connectivity index (χ4n) is 1.61. The number of imidazole rings is 1. The molecule has 2 aromatic heterocycles. The Hall–Kier alpha value is 0.620. The normalized spacial score (nSPS) is 12.6. The van der Waals surface area contributed by atoms with Crippen molar-refractivity contribution in [2.24, 2.45) is 0 Å². The molecule has 12 heteroatoms. The predicted octanol–water partition coefficient (Wildman–Crippen LogP) is -8.20. The van der Waals surface area contributed by atoms with E-state index in [1.807, 2.05) is 0 Å². The summed E-state index contributed by atoms with van der Waals surface area (Å²) < 4.78 is 6.53. The largest absolute Gasteiger partial charge is 1.00 e. The molecule has 0 radical (unpaired) electrons. The number of nitrogens with zero attached hydrogens (tertiary/aromatic N) is 4. The van der Waals surface area contributed by atoms with Gasteiger partial charge in [0.15, 0.2) is 11.5 Å². The third-order valence-electron chi connectivity index (χ3n) is 2.47. The van der Waals surface area contributed by atoms with Crippen LogP contribution in [-0.2, 0) is 4.74 Å². The third-order valence-corrected chi connectivity index (χ3v) is 2.97. The van der Waals surface area contributed by atoms with E-state index in [0.717, 1.165) is 0 Å². The average Bonchev–Trinajstić information content (AvgIpc) is 2.72. The van der Waals surface area contributed by atoms with E-state index in [-0.39, 0.29) is 77.6 Å². The molecule has 0 unspecified atom stereocenters. The van der Waals surface area contributed by atoms with Crippen molar-refractivity contribution < 1.29 is 78.5 Å². The van der Waals surface area contributed by atoms with E-state index in [2.05, 4.69) is 15.0 Å². The first-order valence-electron chi connectivity index (χ1n) is 5.40. The average molecular weight is 331 g/mol. The second-order valence-corrected chi connectivity index (χ2v) is 5.52. The molecule has 0 amide bonds. The topological polar surface area (TPSA) is 148 Å². The second kappa shape index (κ2) is 9.05. The van der Waals surface area contributed by atoms with Crippen molar-refractivity contribution in [1.82, 2.24) is 19.5 Å². The first-order valence-corrected chi connectivity index (χ1v) is 7.13. The van der Waals surface area contributed by atoms with Gasteiger partial charge in [-0.05, 0) is 6.92 Å². The Balaban J connectivity index is 0.00000200. The van der Waals surface area contributed by atoms with Crippen molar-refractivity contribution in [3.8, 4) is 0 Å². The summed E-state index contributed by atoms with van der Waals surface area (Å²) in [6, 6.07) is -0.245. The SMILES string of the molecule is C[C@@H](COC[P+]([O-])([O-])[O-])n1cnc2c(N)ncnc21.[Na+].[Na+]. The molecule has 0 saturated heterocycles. The first kappa shape index (κ1) is 21.6. The maximum Gasteiger partial charge on any atom is 1.00 e. The minimum Gasteiger partial charge on any atom is -0.686 e. The van der Waals surface area contributed by atoms with E-state index >= 15 is 0 Å². The van der Waals surface area contributed by atoms with Gasteiger partial charge >= 0.3 is 59.1 Å². The Labute approximate surface area is 166 Å². The fraction of sp³-hybridized carbons (Fsp3) is 0.444.